The molecular formula is C21H27NO10. The van der Waals surface area contributed by atoms with E-state index in [1.807, 2.05) is 0 Å². The summed E-state index contributed by atoms with van der Waals surface area (Å²) in [6, 6.07) is 4.96. The zero-order chi connectivity index (χ0) is 24.0. The minimum Gasteiger partial charge on any atom is -0.479 e. The predicted octanol–water partition coefficient (Wildman–Crippen LogP) is 0.341. The Kier molecular flexibility index (Phi) is 8.56. The van der Waals surface area contributed by atoms with Gasteiger partial charge in [-0.15, -0.1) is 0 Å². The molecule has 0 unspecified atom stereocenters. The summed E-state index contributed by atoms with van der Waals surface area (Å²) in [6.45, 7) is 3.05. The zero-order valence-electron chi connectivity index (χ0n) is 18.0. The van der Waals surface area contributed by atoms with Crippen molar-refractivity contribution >= 4 is 29.6 Å². The number of carboxylic acids is 1. The van der Waals surface area contributed by atoms with E-state index in [4.69, 9.17) is 24.7 Å². The Hall–Kier alpha value is -3.18. The molecule has 176 valence electrons. The smallest absolute Gasteiger partial charge is 0.336 e. The van der Waals surface area contributed by atoms with Crippen molar-refractivity contribution < 1.29 is 48.3 Å². The molecule has 0 radical (unpaired) electrons. The van der Waals surface area contributed by atoms with E-state index in [2.05, 4.69) is 0 Å². The fourth-order valence-electron chi connectivity index (χ4n) is 3.66. The van der Waals surface area contributed by atoms with E-state index in [1.54, 1.807) is 18.2 Å². The van der Waals surface area contributed by atoms with Crippen molar-refractivity contribution in [3.8, 4) is 0 Å². The van der Waals surface area contributed by atoms with Gasteiger partial charge in [-0.2, -0.15) is 0 Å². The van der Waals surface area contributed by atoms with E-state index in [1.165, 1.54) is 0 Å². The first kappa shape index (κ1) is 25.1. The molecule has 32 heavy (non-hydrogen) atoms. The van der Waals surface area contributed by atoms with E-state index in [0.717, 1.165) is 20.8 Å². The lowest BCUT2D eigenvalue weighted by Crippen LogP contribution is -2.63. The summed E-state index contributed by atoms with van der Waals surface area (Å²) in [7, 11) is 0. The number of carboxylic acid groups (broad SMARTS) is 1. The highest BCUT2D eigenvalue weighted by atomic mass is 16.7. The van der Waals surface area contributed by atoms with Gasteiger partial charge in [-0.3, -0.25) is 14.4 Å². The molecule has 1 aliphatic rings. The van der Waals surface area contributed by atoms with E-state index in [0.29, 0.717) is 16.8 Å². The van der Waals surface area contributed by atoms with E-state index >= 15 is 0 Å². The molecule has 4 N–H and O–H groups in total. The molecule has 0 spiro atoms. The van der Waals surface area contributed by atoms with Crippen LogP contribution in [-0.4, -0.2) is 64.6 Å². The highest BCUT2D eigenvalue weighted by Crippen LogP contribution is 2.31. The van der Waals surface area contributed by atoms with Crippen LogP contribution in [0.15, 0.2) is 18.2 Å². The van der Waals surface area contributed by atoms with Crippen LogP contribution >= 0.6 is 0 Å². The van der Waals surface area contributed by atoms with Gasteiger partial charge in [0, 0.05) is 26.5 Å². The number of aliphatic hydroxyl groups excluding tert-OH is 1. The second kappa shape index (κ2) is 10.9. The molecule has 2 rings (SSSR count). The van der Waals surface area contributed by atoms with Crippen molar-refractivity contribution in [2.24, 2.45) is 0 Å². The SMILES string of the molecule is CC(=O)O[C@@H]1[C@@H](OC(C)=O)[C@H](CCc2cc(N)ccc2CO)O[C@H](C(=O)O)[C@H]1OC(C)=O. The third kappa shape index (κ3) is 6.41. The number of hydrogen-bond donors (Lipinski definition) is 3. The zero-order valence-corrected chi connectivity index (χ0v) is 18.0. The van der Waals surface area contributed by atoms with Gasteiger partial charge in [-0.1, -0.05) is 6.07 Å². The molecule has 1 aromatic carbocycles. The number of aliphatic carboxylic acids is 1. The Balaban J connectivity index is 2.41. The van der Waals surface area contributed by atoms with Crippen LogP contribution in [0, 0.1) is 0 Å². The first-order valence-corrected chi connectivity index (χ1v) is 9.91. The molecule has 0 aliphatic carbocycles. The average Bonchev–Trinajstić information content (AvgIpc) is 2.68. The molecule has 0 saturated carbocycles. The van der Waals surface area contributed by atoms with Crippen molar-refractivity contribution in [3.05, 3.63) is 29.3 Å². The largest absolute Gasteiger partial charge is 0.479 e. The van der Waals surface area contributed by atoms with Crippen LogP contribution in [-0.2, 0) is 51.2 Å². The van der Waals surface area contributed by atoms with Crippen LogP contribution in [0.25, 0.3) is 0 Å². The number of aryl methyl sites for hydroxylation is 1. The summed E-state index contributed by atoms with van der Waals surface area (Å²) in [5, 5.41) is 19.2. The molecule has 1 fully saturated rings. The molecule has 1 saturated heterocycles. The van der Waals surface area contributed by atoms with Crippen LogP contribution < -0.4 is 5.73 Å². The number of aliphatic hydroxyl groups is 1. The van der Waals surface area contributed by atoms with E-state index < -0.39 is 54.4 Å². The molecule has 0 amide bonds. The summed E-state index contributed by atoms with van der Waals surface area (Å²) >= 11 is 0. The van der Waals surface area contributed by atoms with Crippen LogP contribution in [0.2, 0.25) is 0 Å². The first-order valence-electron chi connectivity index (χ1n) is 9.91. The molecule has 5 atom stereocenters. The van der Waals surface area contributed by atoms with Gasteiger partial charge in [-0.25, -0.2) is 4.79 Å². The Morgan fingerprint density at radius 2 is 1.50 bits per heavy atom. The lowest BCUT2D eigenvalue weighted by molar-refractivity contribution is -0.248. The number of rotatable bonds is 8. The number of anilines is 1. The molecule has 1 aromatic rings. The Morgan fingerprint density at radius 3 is 2.03 bits per heavy atom. The third-order valence-corrected chi connectivity index (χ3v) is 4.88. The lowest BCUT2D eigenvalue weighted by Gasteiger charge is -2.43. The first-order chi connectivity index (χ1) is 15.0. The maximum atomic E-state index is 11.9. The number of carbonyl (C=O) groups excluding carboxylic acids is 3. The average molecular weight is 453 g/mol. The molecule has 0 aromatic heterocycles. The summed E-state index contributed by atoms with van der Waals surface area (Å²) in [4.78, 5) is 46.9. The molecular weight excluding hydrogens is 426 g/mol. The van der Waals surface area contributed by atoms with Gasteiger partial charge < -0.3 is 34.9 Å². The van der Waals surface area contributed by atoms with Gasteiger partial charge in [-0.05, 0) is 36.1 Å². The fourth-order valence-corrected chi connectivity index (χ4v) is 3.66. The number of hydrogen-bond acceptors (Lipinski definition) is 10. The van der Waals surface area contributed by atoms with Crippen molar-refractivity contribution in [2.45, 2.75) is 70.7 Å². The van der Waals surface area contributed by atoms with Crippen molar-refractivity contribution in [1.82, 2.24) is 0 Å². The third-order valence-electron chi connectivity index (χ3n) is 4.88. The van der Waals surface area contributed by atoms with Crippen molar-refractivity contribution in [1.29, 1.82) is 0 Å². The van der Waals surface area contributed by atoms with Crippen LogP contribution in [0.1, 0.15) is 38.3 Å². The predicted molar refractivity (Wildman–Crippen MR) is 108 cm³/mol. The number of nitrogens with two attached hydrogens (primary N) is 1. The second-order valence-electron chi connectivity index (χ2n) is 7.38. The monoisotopic (exact) mass is 453 g/mol. The Morgan fingerprint density at radius 1 is 0.938 bits per heavy atom. The standard InChI is InChI=1S/C21H27NO10/c1-10(24)29-17-16(7-5-13-8-15(22)6-4-14(13)9-23)32-20(21(27)28)19(31-12(3)26)18(17)30-11(2)25/h4,6,8,16-20,23H,5,7,9,22H2,1-3H3,(H,27,28)/t16-,17-,18+,19-,20-/m0/s1. The lowest BCUT2D eigenvalue weighted by atomic mass is 9.90. The van der Waals surface area contributed by atoms with Gasteiger partial charge in [0.2, 0.25) is 0 Å². The summed E-state index contributed by atoms with van der Waals surface area (Å²) in [5.41, 5.74) is 7.59. The number of benzene rings is 1. The number of carbonyl (C=O) groups is 4. The minimum atomic E-state index is -1.67. The summed E-state index contributed by atoms with van der Waals surface area (Å²) in [6.07, 6.45) is -6.46. The van der Waals surface area contributed by atoms with Crippen molar-refractivity contribution in [2.75, 3.05) is 5.73 Å². The molecule has 1 aliphatic heterocycles. The van der Waals surface area contributed by atoms with Crippen molar-refractivity contribution in [3.63, 3.8) is 0 Å². The van der Waals surface area contributed by atoms with Crippen LogP contribution in [0.3, 0.4) is 0 Å². The van der Waals surface area contributed by atoms with Gasteiger partial charge in [0.05, 0.1) is 12.7 Å². The van der Waals surface area contributed by atoms with Gasteiger partial charge >= 0.3 is 23.9 Å². The maximum absolute atomic E-state index is 11.9. The highest BCUT2D eigenvalue weighted by Gasteiger charge is 2.54. The maximum Gasteiger partial charge on any atom is 0.336 e. The number of nitrogen functional groups attached to an aromatic ring is 1. The molecule has 11 heteroatoms. The summed E-state index contributed by atoms with van der Waals surface area (Å²) < 4.78 is 21.3. The van der Waals surface area contributed by atoms with Gasteiger partial charge in [0.15, 0.2) is 24.4 Å². The summed E-state index contributed by atoms with van der Waals surface area (Å²) in [5.74, 6) is -3.78. The van der Waals surface area contributed by atoms with E-state index in [9.17, 15) is 29.4 Å². The van der Waals surface area contributed by atoms with Gasteiger partial charge in [0.1, 0.15) is 0 Å². The topological polar surface area (TPSA) is 172 Å². The Labute approximate surface area is 184 Å². The number of esters is 3. The van der Waals surface area contributed by atoms with Crippen LogP contribution in [0.4, 0.5) is 5.69 Å². The van der Waals surface area contributed by atoms with Crippen LogP contribution in [0.5, 0.6) is 0 Å². The molecule has 11 nitrogen and oxygen atoms in total. The highest BCUT2D eigenvalue weighted by molar-refractivity contribution is 5.75. The molecule has 1 heterocycles. The molecule has 0 bridgehead atoms. The van der Waals surface area contributed by atoms with Gasteiger partial charge in [0.25, 0.3) is 0 Å². The fraction of sp³-hybridized carbons (Fsp3) is 0.524. The second-order valence-corrected chi connectivity index (χ2v) is 7.38. The van der Waals surface area contributed by atoms with E-state index in [-0.39, 0.29) is 19.4 Å². The number of ether oxygens (including phenoxy) is 4. The normalized spacial score (nSPS) is 24.9. The minimum absolute atomic E-state index is 0.128. The quantitative estimate of drug-likeness (QED) is 0.281. The Bertz CT molecular complexity index is 870.